The van der Waals surface area contributed by atoms with Crippen LogP contribution in [-0.4, -0.2) is 41.1 Å². The molecule has 0 aromatic heterocycles. The van der Waals surface area contributed by atoms with Gasteiger partial charge in [0.05, 0.1) is 5.69 Å². The van der Waals surface area contributed by atoms with Crippen molar-refractivity contribution in [3.05, 3.63) is 36.4 Å². The lowest BCUT2D eigenvalue weighted by molar-refractivity contribution is -0.136. The van der Waals surface area contributed by atoms with Crippen LogP contribution >= 0.6 is 0 Å². The van der Waals surface area contributed by atoms with Crippen molar-refractivity contribution in [2.45, 2.75) is 0 Å². The summed E-state index contributed by atoms with van der Waals surface area (Å²) in [4.78, 5) is 35.0. The standard InChI is InChI=1S/C13H13N3O5/c17-11-5-6-12(18)16(11)8-7-14-13(19)21-10-3-1-9(15-20)2-4-10/h1-6,15,20H,7-8H2,(H,14,19). The van der Waals surface area contributed by atoms with Gasteiger partial charge in [0, 0.05) is 25.2 Å². The number of carbonyl (C=O) groups excluding carboxylic acids is 3. The first-order valence-corrected chi connectivity index (χ1v) is 6.09. The number of hydrogen-bond acceptors (Lipinski definition) is 6. The first kappa shape index (κ1) is 14.5. The molecule has 0 bridgehead atoms. The highest BCUT2D eigenvalue weighted by atomic mass is 16.6. The number of nitrogens with zero attached hydrogens (tertiary/aromatic N) is 1. The monoisotopic (exact) mass is 291 g/mol. The van der Waals surface area contributed by atoms with Gasteiger partial charge in [-0.05, 0) is 24.3 Å². The van der Waals surface area contributed by atoms with E-state index in [9.17, 15) is 14.4 Å². The molecule has 0 fully saturated rings. The number of ether oxygens (including phenoxy) is 1. The molecule has 2 rings (SSSR count). The predicted octanol–water partition coefficient (Wildman–Crippen LogP) is 0.501. The molecule has 0 spiro atoms. The fourth-order valence-corrected chi connectivity index (χ4v) is 1.66. The summed E-state index contributed by atoms with van der Waals surface area (Å²) in [5.74, 6) is -0.508. The van der Waals surface area contributed by atoms with Crippen LogP contribution in [0.1, 0.15) is 0 Å². The number of nitrogens with one attached hydrogen (secondary N) is 2. The van der Waals surface area contributed by atoms with E-state index in [2.05, 4.69) is 5.32 Å². The molecule has 0 saturated heterocycles. The second-order valence-electron chi connectivity index (χ2n) is 4.11. The van der Waals surface area contributed by atoms with Crippen LogP contribution in [0, 0.1) is 0 Å². The van der Waals surface area contributed by atoms with Crippen molar-refractivity contribution in [3.8, 4) is 5.75 Å². The van der Waals surface area contributed by atoms with Gasteiger partial charge < -0.3 is 10.1 Å². The molecule has 8 heteroatoms. The molecule has 0 unspecified atom stereocenters. The Morgan fingerprint density at radius 2 is 1.76 bits per heavy atom. The summed E-state index contributed by atoms with van der Waals surface area (Å²) in [5, 5.41) is 11.1. The summed E-state index contributed by atoms with van der Waals surface area (Å²) in [7, 11) is 0. The highest BCUT2D eigenvalue weighted by molar-refractivity contribution is 6.12. The van der Waals surface area contributed by atoms with Gasteiger partial charge in [-0.3, -0.25) is 25.2 Å². The molecule has 0 radical (unpaired) electrons. The average molecular weight is 291 g/mol. The number of imide groups is 1. The lowest BCUT2D eigenvalue weighted by Crippen LogP contribution is -2.39. The zero-order valence-electron chi connectivity index (χ0n) is 10.9. The number of benzene rings is 1. The molecule has 3 N–H and O–H groups in total. The quantitative estimate of drug-likeness (QED) is 0.538. The molecule has 21 heavy (non-hydrogen) atoms. The zero-order chi connectivity index (χ0) is 15.2. The van der Waals surface area contributed by atoms with Crippen LogP contribution in [0.15, 0.2) is 36.4 Å². The highest BCUT2D eigenvalue weighted by Gasteiger charge is 2.22. The minimum absolute atomic E-state index is 0.0765. The van der Waals surface area contributed by atoms with Crippen molar-refractivity contribution < 1.29 is 24.3 Å². The van der Waals surface area contributed by atoms with Crippen LogP contribution in [-0.2, 0) is 9.59 Å². The smallest absolute Gasteiger partial charge is 0.410 e. The van der Waals surface area contributed by atoms with Crippen LogP contribution in [0.4, 0.5) is 10.5 Å². The summed E-state index contributed by atoms with van der Waals surface area (Å²) < 4.78 is 4.97. The molecule has 1 aliphatic rings. The van der Waals surface area contributed by atoms with Crippen molar-refractivity contribution in [3.63, 3.8) is 0 Å². The second-order valence-corrected chi connectivity index (χ2v) is 4.11. The normalized spacial score (nSPS) is 13.5. The van der Waals surface area contributed by atoms with Gasteiger partial charge in [0.2, 0.25) is 0 Å². The van der Waals surface area contributed by atoms with Gasteiger partial charge in [-0.15, -0.1) is 0 Å². The Kier molecular flexibility index (Phi) is 4.52. The third kappa shape index (κ3) is 3.80. The van der Waals surface area contributed by atoms with Gasteiger partial charge in [0.15, 0.2) is 0 Å². The van der Waals surface area contributed by atoms with Crippen molar-refractivity contribution in [1.82, 2.24) is 10.2 Å². The molecule has 1 aliphatic heterocycles. The lowest BCUT2D eigenvalue weighted by Gasteiger charge is -2.13. The van der Waals surface area contributed by atoms with E-state index in [0.29, 0.717) is 11.4 Å². The van der Waals surface area contributed by atoms with Gasteiger partial charge in [-0.1, -0.05) is 0 Å². The molecule has 3 amide bonds. The molecule has 1 heterocycles. The fourth-order valence-electron chi connectivity index (χ4n) is 1.66. The summed E-state index contributed by atoms with van der Waals surface area (Å²) in [6.45, 7) is 0.168. The van der Waals surface area contributed by atoms with Gasteiger partial charge in [0.25, 0.3) is 11.8 Å². The fraction of sp³-hybridized carbons (Fsp3) is 0.154. The largest absolute Gasteiger partial charge is 0.412 e. The van der Waals surface area contributed by atoms with Crippen molar-refractivity contribution >= 4 is 23.6 Å². The third-order valence-electron chi connectivity index (χ3n) is 2.70. The van der Waals surface area contributed by atoms with E-state index in [1.54, 1.807) is 0 Å². The number of hydrogen-bond donors (Lipinski definition) is 3. The Morgan fingerprint density at radius 3 is 2.33 bits per heavy atom. The lowest BCUT2D eigenvalue weighted by atomic mass is 10.3. The van der Waals surface area contributed by atoms with Crippen LogP contribution < -0.4 is 15.5 Å². The van der Waals surface area contributed by atoms with E-state index in [0.717, 1.165) is 4.90 Å². The van der Waals surface area contributed by atoms with Gasteiger partial charge in [-0.2, -0.15) is 0 Å². The van der Waals surface area contributed by atoms with Crippen molar-refractivity contribution in [1.29, 1.82) is 0 Å². The highest BCUT2D eigenvalue weighted by Crippen LogP contribution is 2.14. The van der Waals surface area contributed by atoms with Crippen molar-refractivity contribution in [2.75, 3.05) is 18.6 Å². The van der Waals surface area contributed by atoms with E-state index in [1.807, 2.05) is 5.48 Å². The topological polar surface area (TPSA) is 108 Å². The van der Waals surface area contributed by atoms with Gasteiger partial charge >= 0.3 is 6.09 Å². The van der Waals surface area contributed by atoms with Gasteiger partial charge in [-0.25, -0.2) is 4.79 Å². The number of carbonyl (C=O) groups is 3. The predicted molar refractivity (Wildman–Crippen MR) is 71.7 cm³/mol. The molecular formula is C13H13N3O5. The Labute approximate surface area is 119 Å². The van der Waals surface area contributed by atoms with E-state index in [1.165, 1.54) is 36.4 Å². The summed E-state index contributed by atoms with van der Waals surface area (Å²) in [5.41, 5.74) is 2.41. The molecule has 110 valence electrons. The second kappa shape index (κ2) is 6.53. The Hall–Kier alpha value is -2.87. The third-order valence-corrected chi connectivity index (χ3v) is 2.70. The summed E-state index contributed by atoms with van der Waals surface area (Å²) in [6.07, 6.45) is 1.65. The maximum absolute atomic E-state index is 11.5. The van der Waals surface area contributed by atoms with Crippen LogP contribution in [0.2, 0.25) is 0 Å². The van der Waals surface area contributed by atoms with Crippen LogP contribution in [0.5, 0.6) is 5.75 Å². The summed E-state index contributed by atoms with van der Waals surface area (Å²) in [6, 6.07) is 6.04. The SMILES string of the molecule is O=C(NCCN1C(=O)C=CC1=O)Oc1ccc(NO)cc1. The molecule has 1 aromatic rings. The first-order valence-electron chi connectivity index (χ1n) is 6.09. The minimum Gasteiger partial charge on any atom is -0.410 e. The van der Waals surface area contributed by atoms with Crippen molar-refractivity contribution in [2.24, 2.45) is 0 Å². The molecule has 0 aliphatic carbocycles. The van der Waals surface area contributed by atoms with E-state index in [4.69, 9.17) is 9.94 Å². The zero-order valence-corrected chi connectivity index (χ0v) is 10.9. The Bertz CT molecular complexity index is 564. The first-order chi connectivity index (χ1) is 10.1. The Balaban J connectivity index is 1.74. The number of rotatable bonds is 5. The average Bonchev–Trinajstić information content (AvgIpc) is 2.80. The van der Waals surface area contributed by atoms with Crippen LogP contribution in [0.25, 0.3) is 0 Å². The van der Waals surface area contributed by atoms with Gasteiger partial charge in [0.1, 0.15) is 5.75 Å². The van der Waals surface area contributed by atoms with E-state index in [-0.39, 0.29) is 13.1 Å². The minimum atomic E-state index is -0.702. The maximum Gasteiger partial charge on any atom is 0.412 e. The van der Waals surface area contributed by atoms with Crippen LogP contribution in [0.3, 0.4) is 0 Å². The van der Waals surface area contributed by atoms with E-state index < -0.39 is 17.9 Å². The molecule has 0 saturated carbocycles. The molecular weight excluding hydrogens is 278 g/mol. The Morgan fingerprint density at radius 1 is 1.14 bits per heavy atom. The number of amides is 3. The molecule has 8 nitrogen and oxygen atoms in total. The van der Waals surface area contributed by atoms with E-state index >= 15 is 0 Å². The molecule has 0 atom stereocenters. The summed E-state index contributed by atoms with van der Waals surface area (Å²) >= 11 is 0. The molecule has 1 aromatic carbocycles. The number of anilines is 1. The maximum atomic E-state index is 11.5.